The molecule has 0 aliphatic heterocycles. The average Bonchev–Trinajstić information content (AvgIpc) is 2.33. The summed E-state index contributed by atoms with van der Waals surface area (Å²) in [4.78, 5) is 0.0606. The van der Waals surface area contributed by atoms with Gasteiger partial charge in [0.15, 0.2) is 0 Å². The van der Waals surface area contributed by atoms with Crippen LogP contribution in [0.25, 0.3) is 0 Å². The molecule has 9 heteroatoms. The van der Waals surface area contributed by atoms with Crippen molar-refractivity contribution in [3.63, 3.8) is 0 Å². The Bertz CT molecular complexity index is 649. The fourth-order valence-corrected chi connectivity index (χ4v) is 3.10. The molecule has 0 spiro atoms. The molecule has 1 aromatic carbocycles. The second-order valence-electron chi connectivity index (χ2n) is 4.68. The fraction of sp³-hybridized carbons (Fsp3) is 0.500. The fourth-order valence-electron chi connectivity index (χ4n) is 1.51. The highest BCUT2D eigenvalue weighted by Gasteiger charge is 2.14. The van der Waals surface area contributed by atoms with Crippen molar-refractivity contribution in [3.8, 4) is 5.75 Å². The summed E-state index contributed by atoms with van der Waals surface area (Å²) in [6, 6.07) is 5.91. The maximum atomic E-state index is 11.9. The smallest absolute Gasteiger partial charge is 0.264 e. The zero-order valence-electron chi connectivity index (χ0n) is 11.8. The van der Waals surface area contributed by atoms with Gasteiger partial charge in [-0.3, -0.25) is 4.55 Å². The predicted molar refractivity (Wildman–Crippen MR) is 78.4 cm³/mol. The van der Waals surface area contributed by atoms with E-state index in [0.29, 0.717) is 5.75 Å². The highest BCUT2D eigenvalue weighted by atomic mass is 32.2. The molecule has 7 nitrogen and oxygen atoms in total. The number of ether oxygens (including phenoxy) is 1. The number of nitrogens with one attached hydrogen (secondary N) is 1. The van der Waals surface area contributed by atoms with Gasteiger partial charge in [-0.1, -0.05) is 0 Å². The van der Waals surface area contributed by atoms with Gasteiger partial charge in [0, 0.05) is 6.54 Å². The first kappa shape index (κ1) is 17.9. The van der Waals surface area contributed by atoms with E-state index in [4.69, 9.17) is 9.29 Å². The summed E-state index contributed by atoms with van der Waals surface area (Å²) in [6.45, 7) is 3.65. The topological polar surface area (TPSA) is 110 Å². The Morgan fingerprint density at radius 2 is 1.71 bits per heavy atom. The van der Waals surface area contributed by atoms with Crippen LogP contribution in [0.3, 0.4) is 0 Å². The molecule has 2 N–H and O–H groups in total. The summed E-state index contributed by atoms with van der Waals surface area (Å²) in [5.41, 5.74) is 0. The van der Waals surface area contributed by atoms with Gasteiger partial charge < -0.3 is 4.74 Å². The minimum atomic E-state index is -4.08. The molecule has 0 radical (unpaired) electrons. The third-order valence-electron chi connectivity index (χ3n) is 2.38. The second-order valence-corrected chi connectivity index (χ2v) is 8.01. The zero-order valence-corrected chi connectivity index (χ0v) is 13.4. The number of hydrogen-bond donors (Lipinski definition) is 2. The Morgan fingerprint density at radius 1 is 1.14 bits per heavy atom. The molecule has 120 valence electrons. The van der Waals surface area contributed by atoms with Crippen molar-refractivity contribution in [1.29, 1.82) is 0 Å². The van der Waals surface area contributed by atoms with E-state index in [-0.39, 0.29) is 24.0 Å². The van der Waals surface area contributed by atoms with Gasteiger partial charge in [0.2, 0.25) is 10.0 Å². The lowest BCUT2D eigenvalue weighted by Gasteiger charge is -2.10. The molecule has 21 heavy (non-hydrogen) atoms. The monoisotopic (exact) mass is 337 g/mol. The van der Waals surface area contributed by atoms with Crippen molar-refractivity contribution in [1.82, 2.24) is 4.72 Å². The van der Waals surface area contributed by atoms with E-state index < -0.39 is 25.9 Å². The largest absolute Gasteiger partial charge is 0.491 e. The summed E-state index contributed by atoms with van der Waals surface area (Å²) in [6.07, 6.45) is -0.0157. The van der Waals surface area contributed by atoms with Crippen molar-refractivity contribution in [2.75, 3.05) is 12.3 Å². The molecule has 0 bridgehead atoms. The summed E-state index contributed by atoms with van der Waals surface area (Å²) < 4.78 is 61.1. The highest BCUT2D eigenvalue weighted by molar-refractivity contribution is 7.89. The Morgan fingerprint density at radius 3 is 2.19 bits per heavy atom. The molecule has 0 saturated carbocycles. The minimum Gasteiger partial charge on any atom is -0.491 e. The Labute approximate surface area is 125 Å². The molecule has 1 aromatic rings. The van der Waals surface area contributed by atoms with Crippen molar-refractivity contribution in [3.05, 3.63) is 24.3 Å². The van der Waals surface area contributed by atoms with Crippen LogP contribution in [0.4, 0.5) is 0 Å². The molecule has 0 atom stereocenters. The van der Waals surface area contributed by atoms with Crippen LogP contribution in [0, 0.1) is 0 Å². The molecule has 0 aromatic heterocycles. The van der Waals surface area contributed by atoms with E-state index in [1.165, 1.54) is 12.1 Å². The lowest BCUT2D eigenvalue weighted by atomic mass is 10.3. The Hall–Kier alpha value is -1.16. The van der Waals surface area contributed by atoms with Crippen molar-refractivity contribution in [2.24, 2.45) is 0 Å². The van der Waals surface area contributed by atoms with Gasteiger partial charge in [-0.05, 0) is 44.5 Å². The summed E-state index contributed by atoms with van der Waals surface area (Å²) >= 11 is 0. The zero-order chi connectivity index (χ0) is 16.1. The molecule has 0 fully saturated rings. The van der Waals surface area contributed by atoms with Gasteiger partial charge in [-0.15, -0.1) is 0 Å². The molecule has 0 aliphatic rings. The quantitative estimate of drug-likeness (QED) is 0.541. The minimum absolute atomic E-state index is 0.00733. The van der Waals surface area contributed by atoms with Gasteiger partial charge in [0.25, 0.3) is 10.1 Å². The van der Waals surface area contributed by atoms with Crippen LogP contribution < -0.4 is 9.46 Å². The first-order chi connectivity index (χ1) is 9.60. The van der Waals surface area contributed by atoms with Gasteiger partial charge >= 0.3 is 0 Å². The molecule has 0 heterocycles. The first-order valence-corrected chi connectivity index (χ1v) is 9.41. The van der Waals surface area contributed by atoms with Crippen LogP contribution in [-0.2, 0) is 20.1 Å². The van der Waals surface area contributed by atoms with E-state index in [0.717, 1.165) is 0 Å². The van der Waals surface area contributed by atoms with Crippen molar-refractivity contribution in [2.45, 2.75) is 31.3 Å². The lowest BCUT2D eigenvalue weighted by Crippen LogP contribution is -2.26. The van der Waals surface area contributed by atoms with Crippen molar-refractivity contribution < 1.29 is 26.1 Å². The van der Waals surface area contributed by atoms with E-state index in [2.05, 4.69) is 4.72 Å². The van der Waals surface area contributed by atoms with Crippen LogP contribution in [0.2, 0.25) is 0 Å². The predicted octanol–water partition coefficient (Wildman–Crippen LogP) is 1.03. The molecule has 0 unspecified atom stereocenters. The van der Waals surface area contributed by atoms with Gasteiger partial charge in [0.05, 0.1) is 16.8 Å². The Balaban J connectivity index is 2.62. The van der Waals surface area contributed by atoms with Crippen LogP contribution in [0.5, 0.6) is 5.75 Å². The molecule has 0 aliphatic carbocycles. The van der Waals surface area contributed by atoms with E-state index in [1.54, 1.807) is 12.1 Å². The average molecular weight is 337 g/mol. The molecule has 0 saturated heterocycles. The second kappa shape index (κ2) is 7.21. The van der Waals surface area contributed by atoms with Crippen LogP contribution >= 0.6 is 0 Å². The molecular formula is C12H19NO6S2. The maximum Gasteiger partial charge on any atom is 0.264 e. The van der Waals surface area contributed by atoms with Crippen LogP contribution in [0.1, 0.15) is 20.3 Å². The normalized spacial score (nSPS) is 12.6. The molecular weight excluding hydrogens is 318 g/mol. The van der Waals surface area contributed by atoms with Crippen molar-refractivity contribution >= 4 is 20.1 Å². The van der Waals surface area contributed by atoms with Gasteiger partial charge in [-0.25, -0.2) is 13.1 Å². The third kappa shape index (κ3) is 6.89. The third-order valence-corrected chi connectivity index (χ3v) is 4.66. The van der Waals surface area contributed by atoms with Crippen LogP contribution in [-0.4, -0.2) is 39.8 Å². The maximum absolute atomic E-state index is 11.9. The number of sulfonamides is 1. The summed E-state index contributed by atoms with van der Waals surface area (Å²) in [5.74, 6) is 0.0757. The number of hydrogen-bond acceptors (Lipinski definition) is 5. The molecule has 0 amide bonds. The number of rotatable bonds is 8. The SMILES string of the molecule is CC(C)Oc1ccc(S(=O)(=O)NCCCS(=O)(=O)O)cc1. The molecule has 1 rings (SSSR count). The van der Waals surface area contributed by atoms with Gasteiger partial charge in [0.1, 0.15) is 5.75 Å². The highest BCUT2D eigenvalue weighted by Crippen LogP contribution is 2.16. The first-order valence-electron chi connectivity index (χ1n) is 6.32. The Kier molecular flexibility index (Phi) is 6.14. The standard InChI is InChI=1S/C12H19NO6S2/c1-10(2)19-11-4-6-12(7-5-11)21(17,18)13-8-3-9-20(14,15)16/h4-7,10,13H,3,8-9H2,1-2H3,(H,14,15,16). The lowest BCUT2D eigenvalue weighted by molar-refractivity contribution is 0.242. The summed E-state index contributed by atoms with van der Waals surface area (Å²) in [5, 5.41) is 0. The van der Waals surface area contributed by atoms with E-state index >= 15 is 0 Å². The van der Waals surface area contributed by atoms with E-state index in [9.17, 15) is 16.8 Å². The van der Waals surface area contributed by atoms with E-state index in [1.807, 2.05) is 13.8 Å². The van der Waals surface area contributed by atoms with Crippen LogP contribution in [0.15, 0.2) is 29.2 Å². The van der Waals surface area contributed by atoms with Gasteiger partial charge in [-0.2, -0.15) is 8.42 Å². The summed E-state index contributed by atoms with van der Waals surface area (Å²) in [7, 11) is -7.78. The number of benzene rings is 1.